The summed E-state index contributed by atoms with van der Waals surface area (Å²) < 4.78 is 11.3. The smallest absolute Gasteiger partial charge is 0.133 e. The first-order valence-corrected chi connectivity index (χ1v) is 6.97. The first-order valence-electron chi connectivity index (χ1n) is 6.56. The van der Waals surface area contributed by atoms with E-state index in [1.54, 1.807) is 0 Å². The Morgan fingerprint density at radius 3 is 2.79 bits per heavy atom. The van der Waals surface area contributed by atoms with Crippen LogP contribution in [0.1, 0.15) is 29.8 Å². The Morgan fingerprint density at radius 2 is 2.16 bits per heavy atom. The molecule has 2 rings (SSSR count). The lowest BCUT2D eigenvalue weighted by molar-refractivity contribution is 0.0497. The minimum Gasteiger partial charge on any atom is -0.492 e. The predicted molar refractivity (Wildman–Crippen MR) is 78.6 cm³/mol. The van der Waals surface area contributed by atoms with Gasteiger partial charge in [-0.2, -0.15) is 0 Å². The van der Waals surface area contributed by atoms with Crippen LogP contribution in [0.2, 0.25) is 0 Å². The number of ether oxygens (including phenoxy) is 2. The van der Waals surface area contributed by atoms with Crippen molar-refractivity contribution in [2.24, 2.45) is 11.7 Å². The number of pyridine rings is 1. The topological polar surface area (TPSA) is 57.4 Å². The van der Waals surface area contributed by atoms with Crippen LogP contribution in [-0.2, 0) is 4.74 Å². The Morgan fingerprint density at radius 1 is 1.47 bits per heavy atom. The standard InChI is InChI=1S/C14H20N2O2S/c1-9-7-12(13(14(15)19)10(2)16-9)18-8-11-3-5-17-6-4-11/h7,11H,3-6,8H2,1-2H3,(H2,15,19). The Labute approximate surface area is 119 Å². The van der Waals surface area contributed by atoms with Gasteiger partial charge in [0.25, 0.3) is 0 Å². The van der Waals surface area contributed by atoms with E-state index in [0.717, 1.165) is 48.8 Å². The van der Waals surface area contributed by atoms with Gasteiger partial charge in [-0.25, -0.2) is 0 Å². The third-order valence-electron chi connectivity index (χ3n) is 3.35. The highest BCUT2D eigenvalue weighted by molar-refractivity contribution is 7.80. The van der Waals surface area contributed by atoms with Crippen molar-refractivity contribution in [2.75, 3.05) is 19.8 Å². The Hall–Kier alpha value is -1.20. The molecule has 2 heterocycles. The summed E-state index contributed by atoms with van der Waals surface area (Å²) in [6.07, 6.45) is 2.09. The third-order valence-corrected chi connectivity index (χ3v) is 3.56. The molecule has 2 N–H and O–H groups in total. The van der Waals surface area contributed by atoms with E-state index >= 15 is 0 Å². The van der Waals surface area contributed by atoms with Gasteiger partial charge in [0.05, 0.1) is 17.9 Å². The molecule has 1 aromatic rings. The molecule has 0 bridgehead atoms. The predicted octanol–water partition coefficient (Wildman–Crippen LogP) is 2.14. The van der Waals surface area contributed by atoms with E-state index in [0.29, 0.717) is 17.5 Å². The number of hydrogen-bond donors (Lipinski definition) is 1. The fraction of sp³-hybridized carbons (Fsp3) is 0.571. The zero-order chi connectivity index (χ0) is 13.8. The van der Waals surface area contributed by atoms with Crippen LogP contribution < -0.4 is 10.5 Å². The van der Waals surface area contributed by atoms with Gasteiger partial charge in [0.2, 0.25) is 0 Å². The molecule has 0 radical (unpaired) electrons. The van der Waals surface area contributed by atoms with Crippen molar-refractivity contribution >= 4 is 17.2 Å². The lowest BCUT2D eigenvalue weighted by Gasteiger charge is -2.23. The zero-order valence-electron chi connectivity index (χ0n) is 11.4. The number of aryl methyl sites for hydroxylation is 2. The van der Waals surface area contributed by atoms with E-state index in [1.807, 2.05) is 19.9 Å². The Balaban J connectivity index is 2.12. The molecule has 0 unspecified atom stereocenters. The molecule has 1 aromatic heterocycles. The molecule has 0 aromatic carbocycles. The monoisotopic (exact) mass is 280 g/mol. The second-order valence-electron chi connectivity index (χ2n) is 4.95. The van der Waals surface area contributed by atoms with Crippen LogP contribution in [0.4, 0.5) is 0 Å². The molecule has 1 fully saturated rings. The summed E-state index contributed by atoms with van der Waals surface area (Å²) in [6, 6.07) is 1.90. The number of nitrogens with two attached hydrogens (primary N) is 1. The van der Waals surface area contributed by atoms with Crippen molar-refractivity contribution in [3.63, 3.8) is 0 Å². The molecule has 1 aliphatic heterocycles. The van der Waals surface area contributed by atoms with Crippen LogP contribution in [0, 0.1) is 19.8 Å². The molecular weight excluding hydrogens is 260 g/mol. The van der Waals surface area contributed by atoms with Gasteiger partial charge in [0, 0.05) is 25.0 Å². The summed E-state index contributed by atoms with van der Waals surface area (Å²) in [5, 5.41) is 0. The maximum Gasteiger partial charge on any atom is 0.133 e. The molecule has 0 atom stereocenters. The third kappa shape index (κ3) is 3.64. The molecule has 5 heteroatoms. The number of nitrogens with zero attached hydrogens (tertiary/aromatic N) is 1. The summed E-state index contributed by atoms with van der Waals surface area (Å²) in [6.45, 7) is 6.18. The lowest BCUT2D eigenvalue weighted by atomic mass is 10.0. The van der Waals surface area contributed by atoms with E-state index in [2.05, 4.69) is 4.98 Å². The molecule has 1 aliphatic rings. The fourth-order valence-corrected chi connectivity index (χ4v) is 2.58. The van der Waals surface area contributed by atoms with E-state index in [9.17, 15) is 0 Å². The van der Waals surface area contributed by atoms with E-state index in [1.165, 1.54) is 0 Å². The van der Waals surface area contributed by atoms with Crippen LogP contribution >= 0.6 is 12.2 Å². The lowest BCUT2D eigenvalue weighted by Crippen LogP contribution is -2.23. The van der Waals surface area contributed by atoms with E-state index in [4.69, 9.17) is 27.4 Å². The SMILES string of the molecule is Cc1cc(OCC2CCOCC2)c(C(N)=S)c(C)n1. The summed E-state index contributed by atoms with van der Waals surface area (Å²) in [5.41, 5.74) is 8.27. The van der Waals surface area contributed by atoms with Crippen molar-refractivity contribution in [1.29, 1.82) is 0 Å². The van der Waals surface area contributed by atoms with Gasteiger partial charge in [-0.05, 0) is 32.6 Å². The molecule has 19 heavy (non-hydrogen) atoms. The number of aromatic nitrogens is 1. The molecule has 0 amide bonds. The molecule has 0 aliphatic carbocycles. The van der Waals surface area contributed by atoms with Crippen LogP contribution in [0.5, 0.6) is 5.75 Å². The summed E-state index contributed by atoms with van der Waals surface area (Å²) in [7, 11) is 0. The van der Waals surface area contributed by atoms with Gasteiger partial charge >= 0.3 is 0 Å². The van der Waals surface area contributed by atoms with Crippen LogP contribution in [0.25, 0.3) is 0 Å². The summed E-state index contributed by atoms with van der Waals surface area (Å²) in [4.78, 5) is 4.72. The molecule has 1 saturated heterocycles. The van der Waals surface area contributed by atoms with Crippen LogP contribution in [0.3, 0.4) is 0 Å². The van der Waals surface area contributed by atoms with E-state index < -0.39 is 0 Å². The van der Waals surface area contributed by atoms with Crippen molar-refractivity contribution in [3.8, 4) is 5.75 Å². The second-order valence-corrected chi connectivity index (χ2v) is 5.39. The number of thiocarbonyl (C=S) groups is 1. The van der Waals surface area contributed by atoms with Crippen molar-refractivity contribution < 1.29 is 9.47 Å². The van der Waals surface area contributed by atoms with Gasteiger partial charge in [-0.3, -0.25) is 4.98 Å². The Bertz CT molecular complexity index is 471. The average Bonchev–Trinajstić information content (AvgIpc) is 2.36. The number of rotatable bonds is 4. The molecule has 104 valence electrons. The maximum atomic E-state index is 5.94. The van der Waals surface area contributed by atoms with Crippen molar-refractivity contribution in [3.05, 3.63) is 23.0 Å². The van der Waals surface area contributed by atoms with Crippen LogP contribution in [0.15, 0.2) is 6.07 Å². The maximum absolute atomic E-state index is 5.94. The van der Waals surface area contributed by atoms with Gasteiger partial charge in [-0.1, -0.05) is 12.2 Å². The second kappa shape index (κ2) is 6.30. The summed E-state index contributed by atoms with van der Waals surface area (Å²) in [5.74, 6) is 1.30. The molecule has 0 saturated carbocycles. The van der Waals surface area contributed by atoms with Gasteiger partial charge in [-0.15, -0.1) is 0 Å². The highest BCUT2D eigenvalue weighted by Crippen LogP contribution is 2.24. The molecular formula is C14H20N2O2S. The largest absolute Gasteiger partial charge is 0.492 e. The van der Waals surface area contributed by atoms with Crippen molar-refractivity contribution in [2.45, 2.75) is 26.7 Å². The minimum absolute atomic E-state index is 0.340. The molecule has 4 nitrogen and oxygen atoms in total. The highest BCUT2D eigenvalue weighted by atomic mass is 32.1. The Kier molecular flexibility index (Phi) is 4.71. The van der Waals surface area contributed by atoms with Crippen LogP contribution in [-0.4, -0.2) is 29.8 Å². The first-order chi connectivity index (χ1) is 9.08. The molecule has 0 spiro atoms. The highest BCUT2D eigenvalue weighted by Gasteiger charge is 2.17. The number of hydrogen-bond acceptors (Lipinski definition) is 4. The first kappa shape index (κ1) is 14.2. The minimum atomic E-state index is 0.340. The quantitative estimate of drug-likeness (QED) is 0.856. The van der Waals surface area contributed by atoms with Gasteiger partial charge < -0.3 is 15.2 Å². The van der Waals surface area contributed by atoms with Crippen molar-refractivity contribution in [1.82, 2.24) is 4.98 Å². The van der Waals surface area contributed by atoms with Gasteiger partial charge in [0.1, 0.15) is 10.7 Å². The van der Waals surface area contributed by atoms with E-state index in [-0.39, 0.29) is 0 Å². The summed E-state index contributed by atoms with van der Waals surface area (Å²) >= 11 is 5.09. The fourth-order valence-electron chi connectivity index (χ4n) is 2.33. The van der Waals surface area contributed by atoms with Gasteiger partial charge in [0.15, 0.2) is 0 Å². The zero-order valence-corrected chi connectivity index (χ0v) is 12.3. The normalized spacial score (nSPS) is 16.3. The average molecular weight is 280 g/mol.